The first-order valence-corrected chi connectivity index (χ1v) is 10.5. The number of benzene rings is 1. The summed E-state index contributed by atoms with van der Waals surface area (Å²) in [4.78, 5) is 8.29. The zero-order valence-electron chi connectivity index (χ0n) is 16.4. The van der Waals surface area contributed by atoms with Crippen molar-refractivity contribution in [2.75, 3.05) is 5.32 Å². The van der Waals surface area contributed by atoms with Crippen LogP contribution in [0.3, 0.4) is 0 Å². The molecule has 0 aliphatic heterocycles. The molecule has 3 rings (SSSR count). The second-order valence-corrected chi connectivity index (χ2v) is 10.1. The van der Waals surface area contributed by atoms with Gasteiger partial charge in [0.1, 0.15) is 11.6 Å². The number of halogens is 1. The second-order valence-electron chi connectivity index (χ2n) is 7.42. The SMILES string of the molecule is CC(C)(C)S(=O)(=O)c1ccc(NCc2ccc(Oc3cccc(F)c3)nc2)cn1. The summed E-state index contributed by atoms with van der Waals surface area (Å²) in [7, 11) is -3.48. The van der Waals surface area contributed by atoms with Crippen LogP contribution in [-0.4, -0.2) is 23.1 Å². The lowest BCUT2D eigenvalue weighted by Gasteiger charge is -2.18. The van der Waals surface area contributed by atoms with Gasteiger partial charge in [-0.2, -0.15) is 0 Å². The molecule has 0 fully saturated rings. The standard InChI is InChI=1S/C21H22FN3O3S/c1-21(2,3)29(26,27)20-10-8-17(14-25-20)23-12-15-7-9-19(24-13-15)28-18-6-4-5-16(22)11-18/h4-11,13-14,23H,12H2,1-3H3. The number of hydrogen-bond donors (Lipinski definition) is 1. The highest BCUT2D eigenvalue weighted by Gasteiger charge is 2.31. The highest BCUT2D eigenvalue weighted by molar-refractivity contribution is 7.92. The molecule has 0 amide bonds. The zero-order valence-corrected chi connectivity index (χ0v) is 17.2. The number of hydrogen-bond acceptors (Lipinski definition) is 6. The molecule has 0 unspecified atom stereocenters. The molecule has 0 saturated heterocycles. The lowest BCUT2D eigenvalue weighted by Crippen LogP contribution is -2.28. The smallest absolute Gasteiger partial charge is 0.219 e. The number of sulfone groups is 1. The molecular weight excluding hydrogens is 393 g/mol. The van der Waals surface area contributed by atoms with Crippen molar-refractivity contribution in [3.05, 3.63) is 72.3 Å². The van der Waals surface area contributed by atoms with Gasteiger partial charge in [-0.25, -0.2) is 22.8 Å². The average molecular weight is 415 g/mol. The summed E-state index contributed by atoms with van der Waals surface area (Å²) in [6, 6.07) is 12.5. The molecule has 8 heteroatoms. The normalized spacial score (nSPS) is 11.9. The molecule has 152 valence electrons. The Morgan fingerprint density at radius 1 is 1.03 bits per heavy atom. The van der Waals surface area contributed by atoms with Crippen molar-refractivity contribution < 1.29 is 17.5 Å². The third kappa shape index (κ3) is 5.08. The number of rotatable bonds is 6. The van der Waals surface area contributed by atoms with Gasteiger partial charge in [0.05, 0.1) is 16.6 Å². The summed E-state index contributed by atoms with van der Waals surface area (Å²) in [5.41, 5.74) is 1.58. The van der Waals surface area contributed by atoms with Crippen molar-refractivity contribution in [1.82, 2.24) is 9.97 Å². The van der Waals surface area contributed by atoms with Crippen molar-refractivity contribution in [3.63, 3.8) is 0 Å². The van der Waals surface area contributed by atoms with E-state index in [2.05, 4.69) is 15.3 Å². The van der Waals surface area contributed by atoms with Crippen LogP contribution in [0.1, 0.15) is 26.3 Å². The largest absolute Gasteiger partial charge is 0.439 e. The zero-order chi connectivity index (χ0) is 21.1. The topological polar surface area (TPSA) is 81.2 Å². The second kappa shape index (κ2) is 8.16. The predicted octanol–water partition coefficient (Wildman–Crippen LogP) is 4.59. The third-order valence-electron chi connectivity index (χ3n) is 4.13. The van der Waals surface area contributed by atoms with Crippen molar-refractivity contribution in [2.24, 2.45) is 0 Å². The Morgan fingerprint density at radius 3 is 2.41 bits per heavy atom. The first kappa shape index (κ1) is 20.7. The van der Waals surface area contributed by atoms with E-state index in [0.29, 0.717) is 23.9 Å². The number of anilines is 1. The Kier molecular flexibility index (Phi) is 5.83. The van der Waals surface area contributed by atoms with Crippen LogP contribution in [0.2, 0.25) is 0 Å². The molecule has 0 aliphatic rings. The minimum Gasteiger partial charge on any atom is -0.439 e. The minimum absolute atomic E-state index is 0.0519. The maximum absolute atomic E-state index is 13.2. The van der Waals surface area contributed by atoms with E-state index >= 15 is 0 Å². The van der Waals surface area contributed by atoms with Gasteiger partial charge in [-0.15, -0.1) is 0 Å². The van der Waals surface area contributed by atoms with E-state index in [-0.39, 0.29) is 10.8 Å². The number of aromatic nitrogens is 2. The molecule has 0 saturated carbocycles. The van der Waals surface area contributed by atoms with Crippen LogP contribution >= 0.6 is 0 Å². The first-order chi connectivity index (χ1) is 13.6. The lowest BCUT2D eigenvalue weighted by molar-refractivity contribution is 0.458. The van der Waals surface area contributed by atoms with Gasteiger partial charge in [-0.1, -0.05) is 12.1 Å². The third-order valence-corrected chi connectivity index (χ3v) is 6.54. The summed E-state index contributed by atoms with van der Waals surface area (Å²) in [5.74, 6) is 0.357. The quantitative estimate of drug-likeness (QED) is 0.634. The molecule has 2 heterocycles. The van der Waals surface area contributed by atoms with Crippen LogP contribution in [-0.2, 0) is 16.4 Å². The maximum atomic E-state index is 13.2. The summed E-state index contributed by atoms with van der Waals surface area (Å²) < 4.78 is 42.6. The fourth-order valence-corrected chi connectivity index (χ4v) is 3.45. The van der Waals surface area contributed by atoms with Crippen LogP contribution in [0.25, 0.3) is 0 Å². The van der Waals surface area contributed by atoms with E-state index in [4.69, 9.17) is 4.74 Å². The van der Waals surface area contributed by atoms with Gasteiger partial charge in [0.2, 0.25) is 5.88 Å². The Hall–Kier alpha value is -3.00. The van der Waals surface area contributed by atoms with Crippen molar-refractivity contribution >= 4 is 15.5 Å². The van der Waals surface area contributed by atoms with E-state index in [1.807, 2.05) is 6.07 Å². The molecule has 0 aliphatic carbocycles. The Balaban J connectivity index is 1.60. The Bertz CT molecular complexity index is 1080. The van der Waals surface area contributed by atoms with Crippen molar-refractivity contribution in [3.8, 4) is 11.6 Å². The molecule has 1 aromatic carbocycles. The van der Waals surface area contributed by atoms with Gasteiger partial charge in [-0.05, 0) is 50.6 Å². The van der Waals surface area contributed by atoms with E-state index in [0.717, 1.165) is 5.56 Å². The molecule has 1 N–H and O–H groups in total. The monoisotopic (exact) mass is 415 g/mol. The molecule has 0 radical (unpaired) electrons. The predicted molar refractivity (Wildman–Crippen MR) is 109 cm³/mol. The molecular formula is C21H22FN3O3S. The number of ether oxygens (including phenoxy) is 1. The summed E-state index contributed by atoms with van der Waals surface area (Å²) in [6.07, 6.45) is 3.14. The van der Waals surface area contributed by atoms with Gasteiger partial charge in [0.25, 0.3) is 0 Å². The molecule has 0 atom stereocenters. The summed E-state index contributed by atoms with van der Waals surface area (Å²) in [6.45, 7) is 5.40. The summed E-state index contributed by atoms with van der Waals surface area (Å²) in [5, 5.41) is 3.22. The van der Waals surface area contributed by atoms with Gasteiger partial charge in [0.15, 0.2) is 14.9 Å². The number of nitrogens with zero attached hydrogens (tertiary/aromatic N) is 2. The highest BCUT2D eigenvalue weighted by atomic mass is 32.2. The first-order valence-electron chi connectivity index (χ1n) is 8.98. The van der Waals surface area contributed by atoms with E-state index in [9.17, 15) is 12.8 Å². The van der Waals surface area contributed by atoms with Gasteiger partial charge >= 0.3 is 0 Å². The van der Waals surface area contributed by atoms with Crippen molar-refractivity contribution in [1.29, 1.82) is 0 Å². The van der Waals surface area contributed by atoms with Crippen LogP contribution in [0.5, 0.6) is 11.6 Å². The molecule has 2 aromatic heterocycles. The van der Waals surface area contributed by atoms with Gasteiger partial charge in [-0.3, -0.25) is 0 Å². The van der Waals surface area contributed by atoms with Crippen LogP contribution in [0, 0.1) is 5.82 Å². The maximum Gasteiger partial charge on any atom is 0.219 e. The minimum atomic E-state index is -3.48. The Labute approximate surface area is 169 Å². The number of pyridine rings is 2. The van der Waals surface area contributed by atoms with Crippen molar-refractivity contribution in [2.45, 2.75) is 37.1 Å². The molecule has 29 heavy (non-hydrogen) atoms. The van der Waals surface area contributed by atoms with E-state index < -0.39 is 14.6 Å². The fraction of sp³-hybridized carbons (Fsp3) is 0.238. The van der Waals surface area contributed by atoms with Gasteiger partial charge in [0, 0.05) is 24.9 Å². The molecule has 3 aromatic rings. The fourth-order valence-electron chi connectivity index (χ4n) is 2.39. The van der Waals surface area contributed by atoms with E-state index in [1.165, 1.54) is 24.4 Å². The molecule has 6 nitrogen and oxygen atoms in total. The average Bonchev–Trinajstić information content (AvgIpc) is 2.67. The van der Waals surface area contributed by atoms with Gasteiger partial charge < -0.3 is 10.1 Å². The van der Waals surface area contributed by atoms with Crippen LogP contribution < -0.4 is 10.1 Å². The highest BCUT2D eigenvalue weighted by Crippen LogP contribution is 2.24. The van der Waals surface area contributed by atoms with Crippen LogP contribution in [0.15, 0.2) is 66.0 Å². The van der Waals surface area contributed by atoms with E-state index in [1.54, 1.807) is 51.2 Å². The lowest BCUT2D eigenvalue weighted by atomic mass is 10.2. The summed E-state index contributed by atoms with van der Waals surface area (Å²) >= 11 is 0. The Morgan fingerprint density at radius 2 is 1.83 bits per heavy atom. The van der Waals surface area contributed by atoms with Crippen LogP contribution in [0.4, 0.5) is 10.1 Å². The number of nitrogens with one attached hydrogen (secondary N) is 1. The molecule has 0 spiro atoms. The molecule has 0 bridgehead atoms.